The van der Waals surface area contributed by atoms with Crippen LogP contribution >= 0.6 is 23.1 Å². The minimum Gasteiger partial charge on any atom is -0.355 e. The number of carbonyl (C=O) groups is 1. The third-order valence-electron chi connectivity index (χ3n) is 3.78. The molecule has 25 heavy (non-hydrogen) atoms. The molecular formula is C18H20N4OS2. The van der Waals surface area contributed by atoms with E-state index >= 15 is 0 Å². The fraction of sp³-hybridized carbons (Fsp3) is 0.278. The van der Waals surface area contributed by atoms with Crippen LogP contribution in [0.25, 0.3) is 10.7 Å². The Kier molecular flexibility index (Phi) is 5.88. The summed E-state index contributed by atoms with van der Waals surface area (Å²) >= 11 is 3.05. The number of hydrogen-bond donors (Lipinski definition) is 1. The van der Waals surface area contributed by atoms with Crippen LogP contribution < -0.4 is 5.32 Å². The number of carbonyl (C=O) groups excluding carboxylic acids is 1. The van der Waals surface area contributed by atoms with E-state index in [0.717, 1.165) is 22.3 Å². The van der Waals surface area contributed by atoms with Crippen LogP contribution in [0.4, 0.5) is 0 Å². The molecule has 0 aliphatic rings. The molecule has 1 aromatic carbocycles. The fourth-order valence-corrected chi connectivity index (χ4v) is 3.95. The molecule has 7 heteroatoms. The van der Waals surface area contributed by atoms with Crippen molar-refractivity contribution < 1.29 is 4.79 Å². The van der Waals surface area contributed by atoms with Crippen molar-refractivity contribution >= 4 is 29.0 Å². The number of nitrogens with zero attached hydrogens (tertiary/aromatic N) is 3. The summed E-state index contributed by atoms with van der Waals surface area (Å²) < 4.78 is 1.93. The highest BCUT2D eigenvalue weighted by Crippen LogP contribution is 2.27. The van der Waals surface area contributed by atoms with Crippen molar-refractivity contribution in [2.75, 3.05) is 6.54 Å². The summed E-state index contributed by atoms with van der Waals surface area (Å²) in [4.78, 5) is 13.4. The molecule has 130 valence electrons. The largest absolute Gasteiger partial charge is 0.355 e. The molecule has 0 bridgehead atoms. The maximum Gasteiger partial charge on any atom is 0.233 e. The molecule has 5 nitrogen and oxygen atoms in total. The number of benzene rings is 1. The van der Waals surface area contributed by atoms with E-state index in [2.05, 4.69) is 27.6 Å². The minimum atomic E-state index is -0.227. The van der Waals surface area contributed by atoms with Crippen molar-refractivity contribution in [3.8, 4) is 10.7 Å². The monoisotopic (exact) mass is 372 g/mol. The first-order chi connectivity index (χ1) is 12.1. The molecule has 0 fully saturated rings. The molecule has 3 rings (SSSR count). The molecule has 1 amide bonds. The number of aromatic nitrogens is 3. The first-order valence-electron chi connectivity index (χ1n) is 8.06. The van der Waals surface area contributed by atoms with E-state index in [-0.39, 0.29) is 11.2 Å². The van der Waals surface area contributed by atoms with Crippen molar-refractivity contribution in [2.45, 2.75) is 23.8 Å². The molecule has 3 aromatic rings. The summed E-state index contributed by atoms with van der Waals surface area (Å²) in [6, 6.07) is 14.1. The highest BCUT2D eigenvalue weighted by molar-refractivity contribution is 8.00. The molecule has 0 aliphatic carbocycles. The van der Waals surface area contributed by atoms with Crippen LogP contribution in [0.1, 0.15) is 12.5 Å². The molecule has 1 unspecified atom stereocenters. The van der Waals surface area contributed by atoms with Gasteiger partial charge in [0, 0.05) is 13.6 Å². The van der Waals surface area contributed by atoms with Gasteiger partial charge in [-0.15, -0.1) is 21.5 Å². The average molecular weight is 373 g/mol. The predicted molar refractivity (Wildman–Crippen MR) is 103 cm³/mol. The van der Waals surface area contributed by atoms with Crippen LogP contribution in [0, 0.1) is 0 Å². The Balaban J connectivity index is 1.53. The Labute approximate surface area is 155 Å². The first kappa shape index (κ1) is 17.7. The molecule has 0 spiro atoms. The zero-order chi connectivity index (χ0) is 17.6. The van der Waals surface area contributed by atoms with Gasteiger partial charge in [0.05, 0.1) is 10.1 Å². The van der Waals surface area contributed by atoms with E-state index in [1.165, 1.54) is 17.3 Å². The van der Waals surface area contributed by atoms with Gasteiger partial charge in [0.2, 0.25) is 5.91 Å². The van der Waals surface area contributed by atoms with Gasteiger partial charge in [-0.2, -0.15) is 0 Å². The number of hydrogen-bond acceptors (Lipinski definition) is 5. The lowest BCUT2D eigenvalue weighted by Crippen LogP contribution is -2.32. The van der Waals surface area contributed by atoms with Crippen LogP contribution in [0.2, 0.25) is 0 Å². The van der Waals surface area contributed by atoms with Gasteiger partial charge in [-0.25, -0.2) is 0 Å². The lowest BCUT2D eigenvalue weighted by molar-refractivity contribution is -0.120. The number of amides is 1. The zero-order valence-electron chi connectivity index (χ0n) is 14.2. The Morgan fingerprint density at radius 2 is 2.04 bits per heavy atom. The van der Waals surface area contributed by atoms with Crippen LogP contribution in [-0.2, 0) is 18.3 Å². The average Bonchev–Trinajstić information content (AvgIpc) is 3.26. The second-order valence-corrected chi connectivity index (χ2v) is 7.88. The lowest BCUT2D eigenvalue weighted by Gasteiger charge is -2.11. The Bertz CT molecular complexity index is 815. The highest BCUT2D eigenvalue weighted by Gasteiger charge is 2.19. The molecule has 2 heterocycles. The van der Waals surface area contributed by atoms with Crippen LogP contribution in [-0.4, -0.2) is 32.5 Å². The Morgan fingerprint density at radius 3 is 2.76 bits per heavy atom. The van der Waals surface area contributed by atoms with Crippen molar-refractivity contribution in [1.29, 1.82) is 0 Å². The zero-order valence-corrected chi connectivity index (χ0v) is 15.8. The summed E-state index contributed by atoms with van der Waals surface area (Å²) in [6.07, 6.45) is 0.830. The molecule has 1 N–H and O–H groups in total. The van der Waals surface area contributed by atoms with E-state index in [0.29, 0.717) is 6.54 Å². The molecule has 0 aliphatic heterocycles. The van der Waals surface area contributed by atoms with Crippen molar-refractivity contribution in [3.63, 3.8) is 0 Å². The van der Waals surface area contributed by atoms with Crippen LogP contribution in [0.15, 0.2) is 53.0 Å². The molecular weight excluding hydrogens is 352 g/mol. The van der Waals surface area contributed by atoms with E-state index in [4.69, 9.17) is 0 Å². The number of thiophene rings is 1. The van der Waals surface area contributed by atoms with Gasteiger partial charge in [-0.1, -0.05) is 48.2 Å². The molecule has 0 saturated carbocycles. The molecule has 0 radical (unpaired) electrons. The van der Waals surface area contributed by atoms with Gasteiger partial charge in [-0.05, 0) is 30.4 Å². The fourth-order valence-electron chi connectivity index (χ4n) is 2.37. The number of nitrogens with one attached hydrogen (secondary N) is 1. The van der Waals surface area contributed by atoms with Crippen molar-refractivity contribution in [1.82, 2.24) is 20.1 Å². The normalized spacial score (nSPS) is 12.1. The summed E-state index contributed by atoms with van der Waals surface area (Å²) in [7, 11) is 1.93. The second kappa shape index (κ2) is 8.31. The van der Waals surface area contributed by atoms with Gasteiger partial charge >= 0.3 is 0 Å². The Morgan fingerprint density at radius 1 is 1.24 bits per heavy atom. The van der Waals surface area contributed by atoms with E-state index < -0.39 is 0 Å². The summed E-state index contributed by atoms with van der Waals surface area (Å²) in [6.45, 7) is 2.52. The number of rotatable bonds is 7. The number of thioether (sulfide) groups is 1. The maximum absolute atomic E-state index is 12.3. The van der Waals surface area contributed by atoms with Gasteiger partial charge < -0.3 is 9.88 Å². The van der Waals surface area contributed by atoms with Gasteiger partial charge in [0.15, 0.2) is 11.0 Å². The second-order valence-electron chi connectivity index (χ2n) is 5.63. The topological polar surface area (TPSA) is 59.8 Å². The third kappa shape index (κ3) is 4.49. The van der Waals surface area contributed by atoms with Crippen LogP contribution in [0.5, 0.6) is 0 Å². The summed E-state index contributed by atoms with van der Waals surface area (Å²) in [5.41, 5.74) is 1.22. The SMILES string of the molecule is CC(Sc1nnc(-c2cccs2)n1C)C(=O)NCCc1ccccc1. The van der Waals surface area contributed by atoms with E-state index in [1.54, 1.807) is 11.3 Å². The van der Waals surface area contributed by atoms with Gasteiger partial charge in [0.1, 0.15) is 0 Å². The Hall–Kier alpha value is -2.12. The lowest BCUT2D eigenvalue weighted by atomic mass is 10.1. The predicted octanol–water partition coefficient (Wildman–Crippen LogP) is 3.38. The summed E-state index contributed by atoms with van der Waals surface area (Å²) in [5, 5.41) is 14.0. The van der Waals surface area contributed by atoms with Crippen molar-refractivity contribution in [2.24, 2.45) is 7.05 Å². The van der Waals surface area contributed by atoms with Gasteiger partial charge in [-0.3, -0.25) is 4.79 Å². The smallest absolute Gasteiger partial charge is 0.233 e. The van der Waals surface area contributed by atoms with E-state index in [1.807, 2.05) is 54.3 Å². The van der Waals surface area contributed by atoms with Gasteiger partial charge in [0.25, 0.3) is 0 Å². The maximum atomic E-state index is 12.3. The molecule has 1 atom stereocenters. The molecule has 2 aromatic heterocycles. The third-order valence-corrected chi connectivity index (χ3v) is 5.78. The quantitative estimate of drug-likeness (QED) is 0.646. The first-order valence-corrected chi connectivity index (χ1v) is 9.82. The van der Waals surface area contributed by atoms with E-state index in [9.17, 15) is 4.79 Å². The minimum absolute atomic E-state index is 0.0154. The standard InChI is InChI=1S/C18H20N4OS2/c1-13(17(23)19-11-10-14-7-4-3-5-8-14)25-18-21-20-16(22(18)2)15-9-6-12-24-15/h3-9,12-13H,10-11H2,1-2H3,(H,19,23). The summed E-state index contributed by atoms with van der Waals surface area (Å²) in [5.74, 6) is 0.843. The molecule has 0 saturated heterocycles. The van der Waals surface area contributed by atoms with Crippen molar-refractivity contribution in [3.05, 3.63) is 53.4 Å². The highest BCUT2D eigenvalue weighted by atomic mass is 32.2. The van der Waals surface area contributed by atoms with Crippen LogP contribution in [0.3, 0.4) is 0 Å².